The van der Waals surface area contributed by atoms with E-state index in [1.807, 2.05) is 0 Å². The molecule has 52 heavy (non-hydrogen) atoms. The number of aryl methyl sites for hydroxylation is 3. The Morgan fingerprint density at radius 1 is 0.385 bits per heavy atom. The molecule has 0 N–H and O–H groups in total. The van der Waals surface area contributed by atoms with Crippen molar-refractivity contribution in [1.29, 1.82) is 0 Å². The minimum absolute atomic E-state index is 0.312. The second-order valence-corrected chi connectivity index (χ2v) is 19.5. The van der Waals surface area contributed by atoms with Gasteiger partial charge in [0, 0.05) is 5.04 Å². The van der Waals surface area contributed by atoms with E-state index in [4.69, 9.17) is 0 Å². The van der Waals surface area contributed by atoms with Gasteiger partial charge in [0.1, 0.15) is 0 Å². The molecule has 7 rings (SSSR count). The number of rotatable bonds is 7. The summed E-state index contributed by atoms with van der Waals surface area (Å²) >= 11 is 0. The zero-order chi connectivity index (χ0) is 36.9. The zero-order valence-corrected chi connectivity index (χ0v) is 33.7. The highest BCUT2D eigenvalue weighted by Gasteiger charge is 2.60. The van der Waals surface area contributed by atoms with Crippen LogP contribution in [-0.4, -0.2) is 8.07 Å². The molecule has 1 aliphatic carbocycles. The maximum atomic E-state index is 2.69. The highest BCUT2D eigenvalue weighted by molar-refractivity contribution is 7.16. The normalized spacial score (nSPS) is 16.0. The first-order valence-corrected chi connectivity index (χ1v) is 20.8. The summed E-state index contributed by atoms with van der Waals surface area (Å²) in [5.41, 5.74) is 20.4. The second kappa shape index (κ2) is 13.5. The van der Waals surface area contributed by atoms with Gasteiger partial charge in [-0.3, -0.25) is 0 Å². The van der Waals surface area contributed by atoms with Crippen molar-refractivity contribution in [2.75, 3.05) is 0 Å². The Balaban J connectivity index is 1.89. The zero-order valence-electron chi connectivity index (χ0n) is 32.7. The van der Waals surface area contributed by atoms with Gasteiger partial charge in [-0.2, -0.15) is 0 Å². The fourth-order valence-electron chi connectivity index (χ4n) is 9.35. The molecule has 0 spiro atoms. The van der Waals surface area contributed by atoms with Crippen LogP contribution in [0.4, 0.5) is 0 Å². The van der Waals surface area contributed by atoms with Gasteiger partial charge in [0.25, 0.3) is 0 Å². The third kappa shape index (κ3) is 5.32. The van der Waals surface area contributed by atoms with E-state index >= 15 is 0 Å². The molecule has 0 radical (unpaired) electrons. The van der Waals surface area contributed by atoms with E-state index in [1.54, 1.807) is 0 Å². The van der Waals surface area contributed by atoms with Crippen molar-refractivity contribution in [2.45, 2.75) is 74.3 Å². The van der Waals surface area contributed by atoms with Crippen LogP contribution in [0.2, 0.25) is 5.04 Å². The predicted molar refractivity (Wildman–Crippen MR) is 229 cm³/mol. The molecule has 0 amide bonds. The Hall–Kier alpha value is -4.98. The van der Waals surface area contributed by atoms with E-state index in [1.165, 1.54) is 99.0 Å². The SMILES string of the molecule is CC1=CC(C)([Si](c2c(-c3ccccc3)ccc(C)c2C)(c2c(-c3ccccc3)ccc(C)c2C)c2c(-c3ccccc3)ccc(C)c2C)C(C)=C1C. The molecule has 0 bridgehead atoms. The van der Waals surface area contributed by atoms with Crippen molar-refractivity contribution in [3.63, 3.8) is 0 Å². The monoisotopic (exact) mass is 692 g/mol. The van der Waals surface area contributed by atoms with Crippen LogP contribution in [0.3, 0.4) is 0 Å². The van der Waals surface area contributed by atoms with Crippen LogP contribution in [-0.2, 0) is 0 Å². The maximum Gasteiger partial charge on any atom is 0.164 e. The lowest BCUT2D eigenvalue weighted by molar-refractivity contribution is 0.869. The Kier molecular flexibility index (Phi) is 9.22. The van der Waals surface area contributed by atoms with Crippen LogP contribution in [0, 0.1) is 41.5 Å². The second-order valence-electron chi connectivity index (χ2n) is 15.4. The summed E-state index contributed by atoms with van der Waals surface area (Å²) in [6.45, 7) is 24.0. The van der Waals surface area contributed by atoms with E-state index in [-0.39, 0.29) is 5.04 Å². The topological polar surface area (TPSA) is 0 Å². The van der Waals surface area contributed by atoms with Crippen LogP contribution in [0.25, 0.3) is 33.4 Å². The van der Waals surface area contributed by atoms with Crippen LogP contribution in [0.1, 0.15) is 61.1 Å². The minimum Gasteiger partial charge on any atom is -0.0730 e. The van der Waals surface area contributed by atoms with Crippen LogP contribution >= 0.6 is 0 Å². The molecule has 1 unspecified atom stereocenters. The van der Waals surface area contributed by atoms with E-state index in [0.29, 0.717) is 0 Å². The molecule has 1 aliphatic rings. The number of hydrogen-bond acceptors (Lipinski definition) is 0. The molecule has 0 saturated heterocycles. The predicted octanol–water partition coefficient (Wildman–Crippen LogP) is 12.1. The molecule has 1 heteroatoms. The molecule has 0 fully saturated rings. The van der Waals surface area contributed by atoms with Gasteiger partial charge in [0.05, 0.1) is 0 Å². The quantitative estimate of drug-likeness (QED) is 0.115. The molecule has 0 heterocycles. The molecule has 0 saturated carbocycles. The van der Waals surface area contributed by atoms with Gasteiger partial charge in [0.2, 0.25) is 0 Å². The van der Waals surface area contributed by atoms with Gasteiger partial charge in [-0.05, 0) is 150 Å². The highest BCUT2D eigenvalue weighted by atomic mass is 28.3. The molecule has 6 aromatic rings. The van der Waals surface area contributed by atoms with Crippen molar-refractivity contribution in [3.8, 4) is 33.4 Å². The largest absolute Gasteiger partial charge is 0.164 e. The van der Waals surface area contributed by atoms with Crippen molar-refractivity contribution in [1.82, 2.24) is 0 Å². The number of hydrogen-bond donors (Lipinski definition) is 0. The van der Waals surface area contributed by atoms with Gasteiger partial charge >= 0.3 is 0 Å². The van der Waals surface area contributed by atoms with Crippen molar-refractivity contribution < 1.29 is 0 Å². The summed E-state index contributed by atoms with van der Waals surface area (Å²) in [5.74, 6) is 0. The molecule has 1 atom stereocenters. The third-order valence-electron chi connectivity index (χ3n) is 12.8. The number of benzene rings is 6. The van der Waals surface area contributed by atoms with Gasteiger partial charge in [-0.15, -0.1) is 0 Å². The average Bonchev–Trinajstić information content (AvgIpc) is 3.36. The van der Waals surface area contributed by atoms with E-state index < -0.39 is 8.07 Å². The average molecular weight is 693 g/mol. The van der Waals surface area contributed by atoms with Crippen LogP contribution < -0.4 is 15.6 Å². The summed E-state index contributed by atoms with van der Waals surface area (Å²) in [6, 6.07) is 48.0. The lowest BCUT2D eigenvalue weighted by atomic mass is 9.98. The first-order valence-electron chi connectivity index (χ1n) is 18.8. The summed E-state index contributed by atoms with van der Waals surface area (Å²) in [7, 11) is -3.31. The summed E-state index contributed by atoms with van der Waals surface area (Å²) in [4.78, 5) is 0. The van der Waals surface area contributed by atoms with Gasteiger partial charge in [0.15, 0.2) is 8.07 Å². The van der Waals surface area contributed by atoms with Crippen molar-refractivity contribution in [2.24, 2.45) is 0 Å². The Morgan fingerprint density at radius 2 is 0.692 bits per heavy atom. The summed E-state index contributed by atoms with van der Waals surface area (Å²) < 4.78 is 0. The lowest BCUT2D eigenvalue weighted by Gasteiger charge is -2.51. The highest BCUT2D eigenvalue weighted by Crippen LogP contribution is 2.55. The Bertz CT molecular complexity index is 2150. The number of allylic oxidation sites excluding steroid dienone is 4. The fraction of sp³-hybridized carbons (Fsp3) is 0.216. The summed E-state index contributed by atoms with van der Waals surface area (Å²) in [6.07, 6.45) is 2.69. The lowest BCUT2D eigenvalue weighted by Crippen LogP contribution is -2.76. The van der Waals surface area contributed by atoms with Crippen LogP contribution in [0.15, 0.2) is 150 Å². The standard InChI is InChI=1S/C51H52Si/c1-33-26-29-45(42-20-14-11-15-21-42)48(38(33)6)52(51(10)32-36(4)37(5)41(51)9,49-39(7)34(2)27-30-46(49)43-22-16-12-17-23-43)50-40(8)35(3)28-31-47(50)44-24-18-13-19-25-44/h11-32H,1-10H3. The molecule has 0 aliphatic heterocycles. The Morgan fingerprint density at radius 3 is 0.962 bits per heavy atom. The summed E-state index contributed by atoms with van der Waals surface area (Å²) in [5, 5.41) is 4.26. The van der Waals surface area contributed by atoms with Crippen LogP contribution in [0.5, 0.6) is 0 Å². The Labute approximate surface area is 313 Å². The minimum atomic E-state index is -3.31. The van der Waals surface area contributed by atoms with E-state index in [9.17, 15) is 0 Å². The van der Waals surface area contributed by atoms with Gasteiger partial charge in [-0.1, -0.05) is 152 Å². The van der Waals surface area contributed by atoms with Crippen molar-refractivity contribution in [3.05, 3.63) is 184 Å². The van der Waals surface area contributed by atoms with Gasteiger partial charge < -0.3 is 0 Å². The molecule has 260 valence electrons. The van der Waals surface area contributed by atoms with E-state index in [0.717, 1.165) is 0 Å². The van der Waals surface area contributed by atoms with E-state index in [2.05, 4.69) is 203 Å². The maximum absolute atomic E-state index is 3.31. The molecule has 6 aromatic carbocycles. The first-order chi connectivity index (χ1) is 24.9. The van der Waals surface area contributed by atoms with Gasteiger partial charge in [-0.25, -0.2) is 0 Å². The van der Waals surface area contributed by atoms with Crippen molar-refractivity contribution >= 4 is 23.6 Å². The smallest absolute Gasteiger partial charge is 0.0730 e. The molecular weight excluding hydrogens is 641 g/mol. The third-order valence-corrected chi connectivity index (χ3v) is 19.1. The molecule has 0 aromatic heterocycles. The fourth-order valence-corrected chi connectivity index (χ4v) is 17.0. The first kappa shape index (κ1) is 35.4. The molecular formula is C51H52Si. The molecule has 0 nitrogen and oxygen atoms in total.